The van der Waals surface area contributed by atoms with Crippen LogP contribution in [0.3, 0.4) is 0 Å². The number of carbonyl (C=O) groups excluding carboxylic acids is 1. The molecule has 0 N–H and O–H groups in total. The van der Waals surface area contributed by atoms with Crippen molar-refractivity contribution in [2.75, 3.05) is 19.0 Å². The number of hydrogen-bond acceptors (Lipinski definition) is 7. The van der Waals surface area contributed by atoms with Crippen molar-refractivity contribution in [3.8, 4) is 0 Å². The molecular formula is C26H26N6O2. The number of tetrazole rings is 1. The Morgan fingerprint density at radius 2 is 1.71 bits per heavy atom. The van der Waals surface area contributed by atoms with Crippen LogP contribution in [-0.4, -0.2) is 46.0 Å². The molecule has 0 radical (unpaired) electrons. The highest BCUT2D eigenvalue weighted by atomic mass is 16.5. The predicted octanol–water partition coefficient (Wildman–Crippen LogP) is 4.51. The lowest BCUT2D eigenvalue weighted by molar-refractivity contribution is -0.152. The van der Waals surface area contributed by atoms with Crippen LogP contribution in [0.2, 0.25) is 0 Å². The predicted molar refractivity (Wildman–Crippen MR) is 131 cm³/mol. The summed E-state index contributed by atoms with van der Waals surface area (Å²) in [6.45, 7) is 3.71. The second-order valence-corrected chi connectivity index (χ2v) is 8.70. The standard InChI is InChI=1S/C26H26N6O2/c1-16-23(25(33)34-17(2)18-10-6-5-7-11-18)24(32-26(27-16)28-29-30-32)21-14-15-22(31(3)4)20-13-9-8-12-19(20)21/h5-15,17,23-24H,1-4H3. The highest BCUT2D eigenvalue weighted by Crippen LogP contribution is 2.41. The van der Waals surface area contributed by atoms with Crippen molar-refractivity contribution in [2.24, 2.45) is 10.9 Å². The van der Waals surface area contributed by atoms with Crippen LogP contribution in [0, 0.1) is 5.92 Å². The number of benzene rings is 3. The van der Waals surface area contributed by atoms with E-state index in [9.17, 15) is 4.79 Å². The van der Waals surface area contributed by atoms with Crippen LogP contribution in [0.1, 0.15) is 37.1 Å². The topological polar surface area (TPSA) is 85.5 Å². The Bertz CT molecular complexity index is 1380. The van der Waals surface area contributed by atoms with Crippen LogP contribution in [0.4, 0.5) is 11.6 Å². The van der Waals surface area contributed by atoms with E-state index in [2.05, 4.69) is 43.6 Å². The molecule has 3 aromatic carbocycles. The van der Waals surface area contributed by atoms with Gasteiger partial charge in [0.1, 0.15) is 18.1 Å². The van der Waals surface area contributed by atoms with Gasteiger partial charge in [0.2, 0.25) is 0 Å². The van der Waals surface area contributed by atoms with E-state index in [0.717, 1.165) is 27.6 Å². The van der Waals surface area contributed by atoms with Crippen molar-refractivity contribution in [1.29, 1.82) is 0 Å². The molecule has 34 heavy (non-hydrogen) atoms. The molecule has 8 nitrogen and oxygen atoms in total. The molecule has 1 aromatic heterocycles. The van der Waals surface area contributed by atoms with Crippen molar-refractivity contribution >= 4 is 34.1 Å². The first-order chi connectivity index (χ1) is 16.5. The van der Waals surface area contributed by atoms with E-state index in [1.165, 1.54) is 0 Å². The van der Waals surface area contributed by atoms with Gasteiger partial charge in [-0.2, -0.15) is 0 Å². The molecule has 8 heteroatoms. The third-order valence-corrected chi connectivity index (χ3v) is 6.33. The lowest BCUT2D eigenvalue weighted by Crippen LogP contribution is -2.37. The minimum absolute atomic E-state index is 0.357. The van der Waals surface area contributed by atoms with Gasteiger partial charge in [-0.05, 0) is 46.9 Å². The molecule has 0 aliphatic carbocycles. The van der Waals surface area contributed by atoms with Gasteiger partial charge < -0.3 is 9.64 Å². The summed E-state index contributed by atoms with van der Waals surface area (Å²) in [6.07, 6.45) is -0.398. The van der Waals surface area contributed by atoms with Crippen LogP contribution in [0.25, 0.3) is 10.8 Å². The highest BCUT2D eigenvalue weighted by molar-refractivity contribution is 6.05. The fourth-order valence-corrected chi connectivity index (χ4v) is 4.64. The second kappa shape index (κ2) is 8.70. The maximum absolute atomic E-state index is 13.6. The summed E-state index contributed by atoms with van der Waals surface area (Å²) in [4.78, 5) is 20.2. The molecule has 3 unspecified atom stereocenters. The molecule has 1 aliphatic rings. The summed E-state index contributed by atoms with van der Waals surface area (Å²) >= 11 is 0. The van der Waals surface area contributed by atoms with E-state index in [0.29, 0.717) is 11.7 Å². The largest absolute Gasteiger partial charge is 0.457 e. The number of esters is 1. The Kier molecular flexibility index (Phi) is 5.57. The SMILES string of the molecule is CC1=Nc2nnnn2C(c2ccc(N(C)C)c3ccccc23)C1C(=O)OC(C)c1ccccc1. The molecule has 0 saturated carbocycles. The molecule has 2 heterocycles. The Morgan fingerprint density at radius 3 is 2.44 bits per heavy atom. The number of fused-ring (bicyclic) bond motifs is 2. The van der Waals surface area contributed by atoms with Gasteiger partial charge in [0.25, 0.3) is 5.95 Å². The van der Waals surface area contributed by atoms with Gasteiger partial charge in [0.15, 0.2) is 0 Å². The molecular weight excluding hydrogens is 428 g/mol. The fourth-order valence-electron chi connectivity index (χ4n) is 4.64. The van der Waals surface area contributed by atoms with Crippen molar-refractivity contribution in [3.05, 3.63) is 77.9 Å². The highest BCUT2D eigenvalue weighted by Gasteiger charge is 2.41. The first-order valence-corrected chi connectivity index (χ1v) is 11.2. The van der Waals surface area contributed by atoms with Crippen LogP contribution in [-0.2, 0) is 9.53 Å². The van der Waals surface area contributed by atoms with Gasteiger partial charge in [-0.3, -0.25) is 4.79 Å². The fraction of sp³-hybridized carbons (Fsp3) is 0.269. The van der Waals surface area contributed by atoms with E-state index in [-0.39, 0.29) is 5.97 Å². The third kappa shape index (κ3) is 3.71. The summed E-state index contributed by atoms with van der Waals surface area (Å²) in [5.41, 5.74) is 3.59. The molecule has 3 atom stereocenters. The minimum atomic E-state index is -0.671. The quantitative estimate of drug-likeness (QED) is 0.413. The summed E-state index contributed by atoms with van der Waals surface area (Å²) in [5.74, 6) is -0.649. The summed E-state index contributed by atoms with van der Waals surface area (Å²) in [7, 11) is 4.03. The van der Waals surface area contributed by atoms with E-state index in [1.807, 2.05) is 76.5 Å². The summed E-state index contributed by atoms with van der Waals surface area (Å²) in [6, 6.07) is 21.5. The van der Waals surface area contributed by atoms with Gasteiger partial charge in [-0.15, -0.1) is 0 Å². The van der Waals surface area contributed by atoms with Gasteiger partial charge in [0.05, 0.1) is 0 Å². The monoisotopic (exact) mass is 454 g/mol. The number of nitrogens with zero attached hydrogens (tertiary/aromatic N) is 6. The Balaban J connectivity index is 1.62. The molecule has 1 aliphatic heterocycles. The number of aliphatic imine (C=N–C) groups is 1. The smallest absolute Gasteiger partial charge is 0.317 e. The molecule has 0 spiro atoms. The van der Waals surface area contributed by atoms with Crippen LogP contribution in [0.15, 0.2) is 71.7 Å². The molecule has 0 amide bonds. The van der Waals surface area contributed by atoms with Gasteiger partial charge in [-0.1, -0.05) is 65.8 Å². The maximum Gasteiger partial charge on any atom is 0.317 e. The second-order valence-electron chi connectivity index (χ2n) is 8.70. The normalized spacial score (nSPS) is 18.2. The number of carbonyl (C=O) groups is 1. The lowest BCUT2D eigenvalue weighted by Gasteiger charge is -2.31. The van der Waals surface area contributed by atoms with Gasteiger partial charge >= 0.3 is 5.97 Å². The zero-order valence-electron chi connectivity index (χ0n) is 19.6. The van der Waals surface area contributed by atoms with E-state index in [4.69, 9.17) is 4.74 Å². The molecule has 5 rings (SSSR count). The van der Waals surface area contributed by atoms with E-state index >= 15 is 0 Å². The van der Waals surface area contributed by atoms with Crippen molar-refractivity contribution < 1.29 is 9.53 Å². The number of ether oxygens (including phenoxy) is 1. The average Bonchev–Trinajstić information content (AvgIpc) is 3.31. The number of rotatable bonds is 5. The van der Waals surface area contributed by atoms with Crippen LogP contribution >= 0.6 is 0 Å². The molecule has 172 valence electrons. The molecule has 4 aromatic rings. The minimum Gasteiger partial charge on any atom is -0.457 e. The lowest BCUT2D eigenvalue weighted by atomic mass is 9.85. The van der Waals surface area contributed by atoms with Gasteiger partial charge in [0, 0.05) is 30.9 Å². The summed E-state index contributed by atoms with van der Waals surface area (Å²) in [5, 5.41) is 14.2. The van der Waals surface area contributed by atoms with E-state index < -0.39 is 18.1 Å². The Hall–Kier alpha value is -4.07. The molecule has 0 saturated heterocycles. The zero-order chi connectivity index (χ0) is 23.8. The van der Waals surface area contributed by atoms with E-state index in [1.54, 1.807) is 4.68 Å². The van der Waals surface area contributed by atoms with Gasteiger partial charge in [-0.25, -0.2) is 9.67 Å². The Morgan fingerprint density at radius 1 is 1.00 bits per heavy atom. The Labute approximate surface area is 197 Å². The average molecular weight is 455 g/mol. The van der Waals surface area contributed by atoms with Crippen molar-refractivity contribution in [2.45, 2.75) is 26.0 Å². The number of anilines is 1. The molecule has 0 bridgehead atoms. The third-order valence-electron chi connectivity index (χ3n) is 6.33. The van der Waals surface area contributed by atoms with Crippen LogP contribution < -0.4 is 4.90 Å². The van der Waals surface area contributed by atoms with Crippen molar-refractivity contribution in [1.82, 2.24) is 20.2 Å². The first kappa shape index (κ1) is 21.8. The van der Waals surface area contributed by atoms with Crippen LogP contribution in [0.5, 0.6) is 0 Å². The zero-order valence-corrected chi connectivity index (χ0v) is 19.6. The number of aromatic nitrogens is 4. The summed E-state index contributed by atoms with van der Waals surface area (Å²) < 4.78 is 7.58. The number of hydrogen-bond donors (Lipinski definition) is 0. The van der Waals surface area contributed by atoms with Crippen molar-refractivity contribution in [3.63, 3.8) is 0 Å². The first-order valence-electron chi connectivity index (χ1n) is 11.2. The molecule has 0 fully saturated rings. The maximum atomic E-state index is 13.6.